The first-order valence-electron chi connectivity index (χ1n) is 5.74. The van der Waals surface area contributed by atoms with Gasteiger partial charge in [0, 0.05) is 0 Å². The van der Waals surface area contributed by atoms with E-state index in [1.54, 1.807) is 30.3 Å². The molecule has 1 N–H and O–H groups in total. The number of nitrogens with zero attached hydrogens (tertiary/aromatic N) is 1. The van der Waals surface area contributed by atoms with Gasteiger partial charge < -0.3 is 5.11 Å². The highest BCUT2D eigenvalue weighted by molar-refractivity contribution is 7.92. The molecule has 0 saturated heterocycles. The van der Waals surface area contributed by atoms with Gasteiger partial charge in [0.2, 0.25) is 10.0 Å². The minimum atomic E-state index is -3.58. The van der Waals surface area contributed by atoms with E-state index in [0.717, 1.165) is 10.7 Å². The SMILES string of the molecule is CCCCS(=O)(=O)N(CC(=O)O)c1ccccc1. The van der Waals surface area contributed by atoms with E-state index in [1.165, 1.54) is 0 Å². The molecule has 0 spiro atoms. The lowest BCUT2D eigenvalue weighted by Gasteiger charge is -2.22. The van der Waals surface area contributed by atoms with E-state index < -0.39 is 22.5 Å². The van der Waals surface area contributed by atoms with Gasteiger partial charge in [0.15, 0.2) is 0 Å². The van der Waals surface area contributed by atoms with Crippen molar-refractivity contribution >= 4 is 21.7 Å². The van der Waals surface area contributed by atoms with Crippen LogP contribution in [0.2, 0.25) is 0 Å². The maximum Gasteiger partial charge on any atom is 0.324 e. The van der Waals surface area contributed by atoms with Crippen molar-refractivity contribution in [2.24, 2.45) is 0 Å². The summed E-state index contributed by atoms with van der Waals surface area (Å²) < 4.78 is 25.1. The fourth-order valence-electron chi connectivity index (χ4n) is 1.50. The van der Waals surface area contributed by atoms with Gasteiger partial charge in [-0.25, -0.2) is 8.42 Å². The molecule has 6 heteroatoms. The molecule has 5 nitrogen and oxygen atoms in total. The fourth-order valence-corrected chi connectivity index (χ4v) is 3.13. The lowest BCUT2D eigenvalue weighted by atomic mass is 10.3. The van der Waals surface area contributed by atoms with Gasteiger partial charge in [-0.2, -0.15) is 0 Å². The number of aliphatic carboxylic acids is 1. The van der Waals surface area contributed by atoms with E-state index >= 15 is 0 Å². The largest absolute Gasteiger partial charge is 0.480 e. The van der Waals surface area contributed by atoms with Crippen LogP contribution in [-0.2, 0) is 14.8 Å². The minimum absolute atomic E-state index is 0.0360. The van der Waals surface area contributed by atoms with Gasteiger partial charge in [-0.3, -0.25) is 9.10 Å². The summed E-state index contributed by atoms with van der Waals surface area (Å²) in [7, 11) is -3.58. The Morgan fingerprint density at radius 2 is 1.89 bits per heavy atom. The number of sulfonamides is 1. The van der Waals surface area contributed by atoms with Gasteiger partial charge in [-0.05, 0) is 18.6 Å². The summed E-state index contributed by atoms with van der Waals surface area (Å²) in [6, 6.07) is 8.29. The smallest absolute Gasteiger partial charge is 0.324 e. The third kappa shape index (κ3) is 4.03. The van der Waals surface area contributed by atoms with E-state index in [1.807, 2.05) is 6.92 Å². The Hall–Kier alpha value is -1.56. The zero-order valence-electron chi connectivity index (χ0n) is 10.2. The Kier molecular flexibility index (Phi) is 5.15. The number of carboxylic acid groups (broad SMARTS) is 1. The number of carbonyl (C=O) groups is 1. The Balaban J connectivity index is 3.02. The third-order valence-electron chi connectivity index (χ3n) is 2.41. The van der Waals surface area contributed by atoms with Crippen LogP contribution < -0.4 is 4.31 Å². The van der Waals surface area contributed by atoms with Gasteiger partial charge >= 0.3 is 5.97 Å². The second kappa shape index (κ2) is 6.39. The number of rotatable bonds is 7. The van der Waals surface area contributed by atoms with Crippen LogP contribution in [0.25, 0.3) is 0 Å². The number of benzene rings is 1. The van der Waals surface area contributed by atoms with E-state index in [2.05, 4.69) is 0 Å². The van der Waals surface area contributed by atoms with Crippen LogP contribution in [0.4, 0.5) is 5.69 Å². The molecule has 1 aromatic carbocycles. The van der Waals surface area contributed by atoms with Crippen LogP contribution in [0, 0.1) is 0 Å². The highest BCUT2D eigenvalue weighted by Crippen LogP contribution is 2.18. The molecule has 1 rings (SSSR count). The van der Waals surface area contributed by atoms with Crippen molar-refractivity contribution in [2.45, 2.75) is 19.8 Å². The van der Waals surface area contributed by atoms with Crippen molar-refractivity contribution in [1.82, 2.24) is 0 Å². The topological polar surface area (TPSA) is 74.7 Å². The third-order valence-corrected chi connectivity index (χ3v) is 4.23. The molecule has 0 aromatic heterocycles. The molecule has 0 radical (unpaired) electrons. The van der Waals surface area contributed by atoms with Crippen LogP contribution in [-0.4, -0.2) is 31.8 Å². The van der Waals surface area contributed by atoms with Crippen molar-refractivity contribution in [1.29, 1.82) is 0 Å². The number of hydrogen-bond acceptors (Lipinski definition) is 3. The molecule has 0 atom stereocenters. The van der Waals surface area contributed by atoms with Crippen LogP contribution in [0.3, 0.4) is 0 Å². The number of anilines is 1. The molecule has 0 unspecified atom stereocenters. The monoisotopic (exact) mass is 271 g/mol. The fraction of sp³-hybridized carbons (Fsp3) is 0.417. The lowest BCUT2D eigenvalue weighted by Crippen LogP contribution is -2.37. The number of carboxylic acids is 1. The number of para-hydroxylation sites is 1. The Labute approximate surface area is 107 Å². The van der Waals surface area contributed by atoms with Gasteiger partial charge in [-0.15, -0.1) is 0 Å². The average molecular weight is 271 g/mol. The van der Waals surface area contributed by atoms with Crippen LogP contribution in [0.1, 0.15) is 19.8 Å². The summed E-state index contributed by atoms with van der Waals surface area (Å²) in [4.78, 5) is 10.8. The van der Waals surface area contributed by atoms with Crippen LogP contribution in [0.5, 0.6) is 0 Å². The number of unbranched alkanes of at least 4 members (excludes halogenated alkanes) is 1. The Bertz CT molecular complexity index is 484. The molecule has 0 saturated carbocycles. The summed E-state index contributed by atoms with van der Waals surface area (Å²) >= 11 is 0. The highest BCUT2D eigenvalue weighted by Gasteiger charge is 2.23. The molecule has 0 aliphatic rings. The Morgan fingerprint density at radius 1 is 1.28 bits per heavy atom. The first-order valence-corrected chi connectivity index (χ1v) is 7.35. The molecule has 0 heterocycles. The Morgan fingerprint density at radius 3 is 2.39 bits per heavy atom. The maximum absolute atomic E-state index is 12.1. The first-order chi connectivity index (χ1) is 8.47. The van der Waals surface area contributed by atoms with E-state index in [-0.39, 0.29) is 5.75 Å². The molecular formula is C12H17NO4S. The van der Waals surface area contributed by atoms with Crippen molar-refractivity contribution in [3.8, 4) is 0 Å². The van der Waals surface area contributed by atoms with Gasteiger partial charge in [-0.1, -0.05) is 31.5 Å². The summed E-state index contributed by atoms with van der Waals surface area (Å²) in [6.45, 7) is 1.34. The molecule has 18 heavy (non-hydrogen) atoms. The average Bonchev–Trinajstić information content (AvgIpc) is 2.34. The molecule has 0 aliphatic heterocycles. The maximum atomic E-state index is 12.1. The normalized spacial score (nSPS) is 11.2. The summed E-state index contributed by atoms with van der Waals surface area (Å²) in [5, 5.41) is 8.83. The molecule has 1 aromatic rings. The second-order valence-corrected chi connectivity index (χ2v) is 5.92. The minimum Gasteiger partial charge on any atom is -0.480 e. The van der Waals surface area contributed by atoms with Crippen molar-refractivity contribution in [3.05, 3.63) is 30.3 Å². The van der Waals surface area contributed by atoms with Crippen LogP contribution >= 0.6 is 0 Å². The molecule has 0 bridgehead atoms. The highest BCUT2D eigenvalue weighted by atomic mass is 32.2. The first kappa shape index (κ1) is 14.5. The quantitative estimate of drug-likeness (QED) is 0.819. The zero-order valence-corrected chi connectivity index (χ0v) is 11.1. The molecule has 0 fully saturated rings. The summed E-state index contributed by atoms with van der Waals surface area (Å²) in [5.41, 5.74) is 0.385. The zero-order chi connectivity index (χ0) is 13.6. The molecule has 100 valence electrons. The van der Waals surface area contributed by atoms with Crippen LogP contribution in [0.15, 0.2) is 30.3 Å². The standard InChI is InChI=1S/C12H17NO4S/c1-2-3-9-18(16,17)13(10-12(14)15)11-7-5-4-6-8-11/h4-8H,2-3,9-10H2,1H3,(H,14,15). The predicted octanol–water partition coefficient (Wildman–Crippen LogP) is 1.71. The van der Waals surface area contributed by atoms with E-state index in [0.29, 0.717) is 12.1 Å². The molecular weight excluding hydrogens is 254 g/mol. The van der Waals surface area contributed by atoms with Gasteiger partial charge in [0.1, 0.15) is 6.54 Å². The summed E-state index contributed by atoms with van der Waals surface area (Å²) in [6.07, 6.45) is 1.26. The second-order valence-electron chi connectivity index (χ2n) is 3.91. The van der Waals surface area contributed by atoms with E-state index in [9.17, 15) is 13.2 Å². The lowest BCUT2D eigenvalue weighted by molar-refractivity contribution is -0.135. The number of hydrogen-bond donors (Lipinski definition) is 1. The molecule has 0 aliphatic carbocycles. The van der Waals surface area contributed by atoms with Crippen molar-refractivity contribution in [3.63, 3.8) is 0 Å². The predicted molar refractivity (Wildman–Crippen MR) is 70.1 cm³/mol. The van der Waals surface area contributed by atoms with Crippen molar-refractivity contribution in [2.75, 3.05) is 16.6 Å². The van der Waals surface area contributed by atoms with Crippen molar-refractivity contribution < 1.29 is 18.3 Å². The van der Waals surface area contributed by atoms with Gasteiger partial charge in [0.25, 0.3) is 0 Å². The summed E-state index contributed by atoms with van der Waals surface area (Å²) in [5.74, 6) is -1.20. The van der Waals surface area contributed by atoms with E-state index in [4.69, 9.17) is 5.11 Å². The van der Waals surface area contributed by atoms with Gasteiger partial charge in [0.05, 0.1) is 11.4 Å². The molecule has 0 amide bonds.